The average molecular weight is 656 g/mol. The Morgan fingerprint density at radius 2 is 1.38 bits per heavy atom. The monoisotopic (exact) mass is 655 g/mol. The van der Waals surface area contributed by atoms with Crippen LogP contribution in [0.25, 0.3) is 40.1 Å². The van der Waals surface area contributed by atoms with Crippen LogP contribution in [0.3, 0.4) is 0 Å². The van der Waals surface area contributed by atoms with Crippen molar-refractivity contribution in [1.29, 1.82) is 0 Å². The molecule has 1 N–H and O–H groups in total. The van der Waals surface area contributed by atoms with Gasteiger partial charge in [0.2, 0.25) is 5.36 Å². The van der Waals surface area contributed by atoms with Gasteiger partial charge in [-0.1, -0.05) is 74.5 Å². The summed E-state index contributed by atoms with van der Waals surface area (Å²) in [5, 5.41) is 8.22. The van der Waals surface area contributed by atoms with E-state index in [4.69, 9.17) is 19.1 Å². The van der Waals surface area contributed by atoms with Gasteiger partial charge in [0.1, 0.15) is 37.1 Å². The summed E-state index contributed by atoms with van der Waals surface area (Å²) in [6, 6.07) is 35.4. The zero-order chi connectivity index (χ0) is 35.0. The molecule has 2 aliphatic heterocycles. The number of allylic oxidation sites excluding steroid dienone is 2. The van der Waals surface area contributed by atoms with Crippen molar-refractivity contribution in [1.82, 2.24) is 4.58 Å². The average Bonchev–Trinajstić information content (AvgIpc) is 3.09. The van der Waals surface area contributed by atoms with Crippen molar-refractivity contribution < 1.29 is 32.2 Å². The number of hydrogen-bond donors (Lipinski definition) is 1. The Morgan fingerprint density at radius 3 is 1.94 bits per heavy atom. The van der Waals surface area contributed by atoms with Gasteiger partial charge < -0.3 is 19.2 Å². The summed E-state index contributed by atoms with van der Waals surface area (Å²) < 4.78 is 46.8. The Kier molecular flexibility index (Phi) is 11.3. The fourth-order valence-corrected chi connectivity index (χ4v) is 4.85. The summed E-state index contributed by atoms with van der Waals surface area (Å²) in [5.41, 5.74) is 7.46. The van der Waals surface area contributed by atoms with E-state index in [9.17, 15) is 13.2 Å². The van der Waals surface area contributed by atoms with Gasteiger partial charge in [-0.2, -0.15) is 13.2 Å². The maximum absolute atomic E-state index is 10.6. The maximum Gasteiger partial charge on any atom is 0.490 e. The minimum Gasteiger partial charge on any atom is -0.475 e. The number of carboxylic acids is 1. The zero-order valence-electron chi connectivity index (χ0n) is 27.7. The zero-order valence-corrected chi connectivity index (χ0v) is 27.7. The molecule has 248 valence electrons. The molecule has 0 unspecified atom stereocenters. The predicted molar refractivity (Wildman–Crippen MR) is 187 cm³/mol. The molecule has 3 aliphatic rings. The number of hydrogen-bond acceptors (Lipinski definition) is 4. The molecule has 48 heavy (non-hydrogen) atoms. The molecule has 2 heterocycles. The van der Waals surface area contributed by atoms with E-state index in [1.807, 2.05) is 78.4 Å². The molecule has 1 aliphatic carbocycles. The summed E-state index contributed by atoms with van der Waals surface area (Å²) in [6.07, 6.45) is -0.696. The number of rotatable bonds is 4. The number of nitrogens with zero attached hydrogens (tertiary/aromatic N) is 2. The van der Waals surface area contributed by atoms with E-state index in [0.29, 0.717) is 0 Å². The van der Waals surface area contributed by atoms with Crippen LogP contribution in [-0.2, 0) is 4.79 Å². The first-order valence-electron chi connectivity index (χ1n) is 15.3. The lowest BCUT2D eigenvalue weighted by molar-refractivity contribution is -0.192. The Hall–Kier alpha value is -5.57. The number of ether oxygens (including phenoxy) is 1. The predicted octanol–water partition coefficient (Wildman–Crippen LogP) is 8.78. The quantitative estimate of drug-likeness (QED) is 0.196. The van der Waals surface area contributed by atoms with Gasteiger partial charge in [0.25, 0.3) is 0 Å². The van der Waals surface area contributed by atoms with Crippen molar-refractivity contribution in [2.75, 3.05) is 33.1 Å². The summed E-state index contributed by atoms with van der Waals surface area (Å²) in [5.74, 6) is 0.586. The van der Waals surface area contributed by atoms with Crippen LogP contribution in [0.1, 0.15) is 30.5 Å². The molecule has 0 radical (unpaired) electrons. The van der Waals surface area contributed by atoms with Gasteiger partial charge in [0.05, 0.1) is 6.07 Å². The second-order valence-corrected chi connectivity index (χ2v) is 11.0. The molecule has 0 fully saturated rings. The fraction of sp³-hybridized carbons (Fsp3) is 0.179. The van der Waals surface area contributed by atoms with E-state index in [1.165, 1.54) is 0 Å². The lowest BCUT2D eigenvalue weighted by atomic mass is 9.94. The van der Waals surface area contributed by atoms with Crippen LogP contribution in [0.5, 0.6) is 5.75 Å². The van der Waals surface area contributed by atoms with Crippen molar-refractivity contribution in [2.45, 2.75) is 20.0 Å². The molecule has 0 bridgehead atoms. The number of fused-ring (bicyclic) bond motifs is 2. The largest absolute Gasteiger partial charge is 0.490 e. The summed E-state index contributed by atoms with van der Waals surface area (Å²) in [4.78, 5) is 11.0. The number of carbonyl (C=O) groups is 1. The second-order valence-electron chi connectivity index (χ2n) is 11.0. The third-order valence-electron chi connectivity index (χ3n) is 7.27. The van der Waals surface area contributed by atoms with E-state index in [1.54, 1.807) is 0 Å². The molecule has 3 aromatic rings. The van der Waals surface area contributed by atoms with Crippen LogP contribution < -0.4 is 19.6 Å². The molecular formula is C39H38F3N2O4+. The molecule has 0 saturated heterocycles. The van der Waals surface area contributed by atoms with Crippen LogP contribution >= 0.6 is 0 Å². The minimum atomic E-state index is -5.08. The van der Waals surface area contributed by atoms with Crippen LogP contribution in [0.2, 0.25) is 0 Å². The van der Waals surface area contributed by atoms with Gasteiger partial charge in [-0.3, -0.25) is 0 Å². The highest BCUT2D eigenvalue weighted by Crippen LogP contribution is 2.41. The fourth-order valence-electron chi connectivity index (χ4n) is 4.85. The van der Waals surface area contributed by atoms with E-state index < -0.39 is 12.1 Å². The second kappa shape index (κ2) is 15.3. The molecular weight excluding hydrogens is 617 g/mol. The SMILES string of the molecule is CC.CN(C)c1ccc2c(c1)OC(c1ccccc1)=C/C2=C/c1cc(-c2ccccc2)oc2cc(=[N+](C)C)ccc1-2.O=C(O)C(F)(F)F. The molecule has 0 spiro atoms. The van der Waals surface area contributed by atoms with Gasteiger partial charge in [-0.05, 0) is 47.6 Å². The topological polar surface area (TPSA) is 65.9 Å². The summed E-state index contributed by atoms with van der Waals surface area (Å²) >= 11 is 0. The van der Waals surface area contributed by atoms with Crippen molar-refractivity contribution in [3.8, 4) is 28.4 Å². The molecule has 0 amide bonds. The van der Waals surface area contributed by atoms with Gasteiger partial charge in [0.15, 0.2) is 0 Å². The Labute approximate surface area is 278 Å². The highest BCUT2D eigenvalue weighted by atomic mass is 19.4. The highest BCUT2D eigenvalue weighted by molar-refractivity contribution is 5.98. The first-order valence-corrected chi connectivity index (χ1v) is 15.3. The van der Waals surface area contributed by atoms with Crippen LogP contribution in [-0.4, -0.2) is 45.4 Å². The number of anilines is 1. The smallest absolute Gasteiger partial charge is 0.475 e. The minimum absolute atomic E-state index is 0.827. The van der Waals surface area contributed by atoms with Crippen molar-refractivity contribution in [3.05, 3.63) is 131 Å². The molecule has 0 atom stereocenters. The summed E-state index contributed by atoms with van der Waals surface area (Å²) in [6.45, 7) is 4.00. The van der Waals surface area contributed by atoms with Crippen molar-refractivity contribution >= 4 is 29.1 Å². The molecule has 6 nitrogen and oxygen atoms in total. The van der Waals surface area contributed by atoms with Crippen molar-refractivity contribution in [2.24, 2.45) is 0 Å². The standard InChI is InChI=1S/C35H31N2O2.C2HF3O2.C2H6/c1-36(2)28-15-17-30-26(20-32(38-34(30)22-28)24-11-7-5-8-12-24)19-27-21-33(25-13-9-6-10-14-25)39-35-23-29(37(3)4)16-18-31(27)35;3-2(4,5)1(6)7;1-2/h5-23H,1-4H3;(H,6,7);1-2H3/q+1;;. The maximum atomic E-state index is 10.6. The molecule has 0 saturated carbocycles. The van der Waals surface area contributed by atoms with E-state index in [0.717, 1.165) is 67.5 Å². The number of aliphatic carboxylic acids is 1. The van der Waals surface area contributed by atoms with E-state index >= 15 is 0 Å². The Morgan fingerprint density at radius 1 is 0.792 bits per heavy atom. The Balaban J connectivity index is 0.000000516. The highest BCUT2D eigenvalue weighted by Gasteiger charge is 2.38. The molecule has 0 aromatic heterocycles. The lowest BCUT2D eigenvalue weighted by Crippen LogP contribution is -2.21. The molecule has 3 aromatic carbocycles. The lowest BCUT2D eigenvalue weighted by Gasteiger charge is -2.23. The number of benzene rings is 4. The number of halogens is 3. The van der Waals surface area contributed by atoms with Crippen molar-refractivity contribution in [3.63, 3.8) is 0 Å². The molecule has 6 rings (SSSR count). The third kappa shape index (κ3) is 8.41. The van der Waals surface area contributed by atoms with Crippen LogP contribution in [0.4, 0.5) is 18.9 Å². The first kappa shape index (κ1) is 35.3. The Bertz CT molecular complexity index is 1970. The van der Waals surface area contributed by atoms with Gasteiger partial charge >= 0.3 is 12.1 Å². The normalized spacial score (nSPS) is 12.8. The summed E-state index contributed by atoms with van der Waals surface area (Å²) in [7, 11) is 8.17. The van der Waals surface area contributed by atoms with E-state index in [2.05, 4.69) is 88.4 Å². The van der Waals surface area contributed by atoms with Gasteiger partial charge in [0, 0.05) is 54.2 Å². The first-order chi connectivity index (χ1) is 22.9. The van der Waals surface area contributed by atoms with Gasteiger partial charge in [-0.25, -0.2) is 9.37 Å². The molecule has 9 heteroatoms. The number of carboxylic acid groups (broad SMARTS) is 1. The third-order valence-corrected chi connectivity index (χ3v) is 7.27. The van der Waals surface area contributed by atoms with Gasteiger partial charge in [-0.15, -0.1) is 0 Å². The van der Waals surface area contributed by atoms with Crippen LogP contribution in [0, 0.1) is 0 Å². The van der Waals surface area contributed by atoms with Crippen LogP contribution in [0.15, 0.2) is 114 Å². The van der Waals surface area contributed by atoms with E-state index in [-0.39, 0.29) is 0 Å². The number of alkyl halides is 3.